The number of nitrogens with one attached hydrogen (secondary N) is 1. The number of ether oxygens (including phenoxy) is 1. The summed E-state index contributed by atoms with van der Waals surface area (Å²) in [5.74, 6) is -2.00. The van der Waals surface area contributed by atoms with Gasteiger partial charge in [-0.2, -0.15) is 0 Å². The van der Waals surface area contributed by atoms with Crippen molar-refractivity contribution in [3.63, 3.8) is 0 Å². The van der Waals surface area contributed by atoms with E-state index in [1.54, 1.807) is 0 Å². The Balaban J connectivity index is 1.74. The van der Waals surface area contributed by atoms with E-state index in [9.17, 15) is 8.78 Å². The van der Waals surface area contributed by atoms with Gasteiger partial charge in [0.1, 0.15) is 0 Å². The molecule has 1 saturated carbocycles. The summed E-state index contributed by atoms with van der Waals surface area (Å²) in [6, 6.07) is 0.380. The molecule has 2 aliphatic rings. The van der Waals surface area contributed by atoms with E-state index in [4.69, 9.17) is 4.74 Å². The van der Waals surface area contributed by atoms with Crippen molar-refractivity contribution in [1.82, 2.24) is 5.32 Å². The van der Waals surface area contributed by atoms with Gasteiger partial charge >= 0.3 is 0 Å². The topological polar surface area (TPSA) is 21.3 Å². The molecule has 0 aromatic carbocycles. The SMILES string of the molecule is CNC(CCC1CCCO1)C1CCC(F)(F)CC1. The zero-order valence-electron chi connectivity index (χ0n) is 11.3. The maximum absolute atomic E-state index is 13.1. The molecule has 0 bridgehead atoms. The minimum atomic E-state index is -2.41. The van der Waals surface area contributed by atoms with Crippen LogP contribution in [0.15, 0.2) is 0 Å². The number of rotatable bonds is 5. The second kappa shape index (κ2) is 6.29. The highest BCUT2D eigenvalue weighted by Crippen LogP contribution is 2.38. The van der Waals surface area contributed by atoms with Crippen LogP contribution >= 0.6 is 0 Å². The molecule has 0 spiro atoms. The summed E-state index contributed by atoms with van der Waals surface area (Å²) >= 11 is 0. The van der Waals surface area contributed by atoms with Crippen LogP contribution in [0.3, 0.4) is 0 Å². The van der Waals surface area contributed by atoms with Crippen LogP contribution in [-0.2, 0) is 4.74 Å². The van der Waals surface area contributed by atoms with E-state index in [1.807, 2.05) is 7.05 Å². The molecular formula is C14H25F2NO. The molecule has 0 radical (unpaired) electrons. The standard InChI is InChI=1S/C14H25F2NO/c1-17-13(5-4-12-3-2-10-18-12)11-6-8-14(15,16)9-7-11/h11-13,17H,2-10H2,1H3. The van der Waals surface area contributed by atoms with Crippen molar-refractivity contribution in [2.75, 3.05) is 13.7 Å². The zero-order chi connectivity index (χ0) is 13.0. The Morgan fingerprint density at radius 2 is 2.00 bits per heavy atom. The lowest BCUT2D eigenvalue weighted by Gasteiger charge is -2.34. The Hall–Kier alpha value is -0.220. The van der Waals surface area contributed by atoms with Crippen LogP contribution in [-0.4, -0.2) is 31.7 Å². The lowest BCUT2D eigenvalue weighted by Crippen LogP contribution is -2.38. The fraction of sp³-hybridized carbons (Fsp3) is 1.00. The molecule has 2 rings (SSSR count). The smallest absolute Gasteiger partial charge is 0.248 e. The van der Waals surface area contributed by atoms with Gasteiger partial charge in [-0.1, -0.05) is 0 Å². The molecule has 2 unspecified atom stereocenters. The Morgan fingerprint density at radius 3 is 2.56 bits per heavy atom. The summed E-state index contributed by atoms with van der Waals surface area (Å²) < 4.78 is 31.9. The molecule has 1 saturated heterocycles. The summed E-state index contributed by atoms with van der Waals surface area (Å²) in [6.07, 6.45) is 6.31. The van der Waals surface area contributed by atoms with E-state index in [0.29, 0.717) is 30.9 Å². The minimum Gasteiger partial charge on any atom is -0.378 e. The first kappa shape index (κ1) is 14.2. The molecule has 18 heavy (non-hydrogen) atoms. The molecule has 1 aliphatic heterocycles. The highest BCUT2D eigenvalue weighted by Gasteiger charge is 2.37. The molecule has 1 aliphatic carbocycles. The Kier molecular flexibility index (Phi) is 4.96. The van der Waals surface area contributed by atoms with Gasteiger partial charge in [0.05, 0.1) is 6.10 Å². The lowest BCUT2D eigenvalue weighted by atomic mass is 9.80. The highest BCUT2D eigenvalue weighted by molar-refractivity contribution is 4.85. The summed E-state index contributed by atoms with van der Waals surface area (Å²) in [5.41, 5.74) is 0. The van der Waals surface area contributed by atoms with E-state index in [1.165, 1.54) is 12.8 Å². The summed E-state index contributed by atoms with van der Waals surface area (Å²) in [5, 5.41) is 3.32. The molecule has 0 aromatic heterocycles. The van der Waals surface area contributed by atoms with Crippen molar-refractivity contribution in [3.8, 4) is 0 Å². The van der Waals surface area contributed by atoms with Crippen molar-refractivity contribution in [1.29, 1.82) is 0 Å². The van der Waals surface area contributed by atoms with E-state index >= 15 is 0 Å². The van der Waals surface area contributed by atoms with Gasteiger partial charge in [0, 0.05) is 25.5 Å². The lowest BCUT2D eigenvalue weighted by molar-refractivity contribution is -0.0500. The molecule has 106 valence electrons. The molecular weight excluding hydrogens is 236 g/mol. The van der Waals surface area contributed by atoms with E-state index < -0.39 is 5.92 Å². The van der Waals surface area contributed by atoms with Gasteiger partial charge in [-0.05, 0) is 51.5 Å². The van der Waals surface area contributed by atoms with Crippen molar-refractivity contribution in [2.45, 2.75) is 69.4 Å². The van der Waals surface area contributed by atoms with Gasteiger partial charge < -0.3 is 10.1 Å². The number of hydrogen-bond donors (Lipinski definition) is 1. The van der Waals surface area contributed by atoms with Crippen LogP contribution in [0.4, 0.5) is 8.78 Å². The average molecular weight is 261 g/mol. The molecule has 2 fully saturated rings. The fourth-order valence-corrected chi connectivity index (χ4v) is 3.32. The van der Waals surface area contributed by atoms with Crippen LogP contribution in [0.5, 0.6) is 0 Å². The average Bonchev–Trinajstić information content (AvgIpc) is 2.84. The van der Waals surface area contributed by atoms with E-state index in [2.05, 4.69) is 5.32 Å². The van der Waals surface area contributed by atoms with Crippen molar-refractivity contribution in [2.24, 2.45) is 5.92 Å². The van der Waals surface area contributed by atoms with Gasteiger partial charge in [0.15, 0.2) is 0 Å². The van der Waals surface area contributed by atoms with Gasteiger partial charge in [-0.25, -0.2) is 8.78 Å². The Morgan fingerprint density at radius 1 is 1.28 bits per heavy atom. The maximum atomic E-state index is 13.1. The fourth-order valence-electron chi connectivity index (χ4n) is 3.32. The van der Waals surface area contributed by atoms with Gasteiger partial charge in [-0.15, -0.1) is 0 Å². The number of hydrogen-bond acceptors (Lipinski definition) is 2. The third-order valence-electron chi connectivity index (χ3n) is 4.53. The first-order valence-corrected chi connectivity index (χ1v) is 7.27. The van der Waals surface area contributed by atoms with Crippen molar-refractivity contribution >= 4 is 0 Å². The third-order valence-corrected chi connectivity index (χ3v) is 4.53. The van der Waals surface area contributed by atoms with Crippen LogP contribution in [0.1, 0.15) is 51.4 Å². The van der Waals surface area contributed by atoms with Gasteiger partial charge in [-0.3, -0.25) is 0 Å². The predicted molar refractivity (Wildman–Crippen MR) is 68.0 cm³/mol. The first-order valence-electron chi connectivity index (χ1n) is 7.27. The molecule has 2 nitrogen and oxygen atoms in total. The summed E-state index contributed by atoms with van der Waals surface area (Å²) in [4.78, 5) is 0. The minimum absolute atomic E-state index is 0.0653. The predicted octanol–water partition coefficient (Wildman–Crippen LogP) is 3.36. The molecule has 2 atom stereocenters. The zero-order valence-corrected chi connectivity index (χ0v) is 11.3. The van der Waals surface area contributed by atoms with Gasteiger partial charge in [0.25, 0.3) is 0 Å². The van der Waals surface area contributed by atoms with Crippen molar-refractivity contribution in [3.05, 3.63) is 0 Å². The normalized spacial score (nSPS) is 30.5. The number of alkyl halides is 2. The third kappa shape index (κ3) is 3.89. The summed E-state index contributed by atoms with van der Waals surface area (Å²) in [7, 11) is 1.95. The second-order valence-corrected chi connectivity index (χ2v) is 5.80. The molecule has 4 heteroatoms. The first-order chi connectivity index (χ1) is 8.61. The second-order valence-electron chi connectivity index (χ2n) is 5.80. The summed E-state index contributed by atoms with van der Waals surface area (Å²) in [6.45, 7) is 0.893. The monoisotopic (exact) mass is 261 g/mol. The number of halogens is 2. The maximum Gasteiger partial charge on any atom is 0.248 e. The molecule has 0 amide bonds. The van der Waals surface area contributed by atoms with Crippen LogP contribution < -0.4 is 5.32 Å². The van der Waals surface area contributed by atoms with Gasteiger partial charge in [0.2, 0.25) is 5.92 Å². The largest absolute Gasteiger partial charge is 0.378 e. The Bertz CT molecular complexity index is 244. The van der Waals surface area contributed by atoms with E-state index in [-0.39, 0.29) is 12.8 Å². The molecule has 0 aromatic rings. The molecule has 1 N–H and O–H groups in total. The quantitative estimate of drug-likeness (QED) is 0.819. The Labute approximate surface area is 108 Å². The molecule has 1 heterocycles. The highest BCUT2D eigenvalue weighted by atomic mass is 19.3. The van der Waals surface area contributed by atoms with E-state index in [0.717, 1.165) is 19.4 Å². The van der Waals surface area contributed by atoms with Crippen LogP contribution in [0.25, 0.3) is 0 Å². The van der Waals surface area contributed by atoms with Crippen LogP contribution in [0.2, 0.25) is 0 Å². The van der Waals surface area contributed by atoms with Crippen LogP contribution in [0, 0.1) is 5.92 Å². The van der Waals surface area contributed by atoms with Crippen molar-refractivity contribution < 1.29 is 13.5 Å².